The summed E-state index contributed by atoms with van der Waals surface area (Å²) in [5.41, 5.74) is 7.61. The van der Waals surface area contributed by atoms with Gasteiger partial charge in [0, 0.05) is 12.0 Å². The average Bonchev–Trinajstić information content (AvgIpc) is 2.61. The molecule has 4 nitrogen and oxygen atoms in total. The first-order chi connectivity index (χ1) is 7.34. The minimum absolute atomic E-state index is 0.121. The Morgan fingerprint density at radius 2 is 2.31 bits per heavy atom. The maximum absolute atomic E-state index is 11.8. The van der Waals surface area contributed by atoms with E-state index in [0.717, 1.165) is 5.69 Å². The van der Waals surface area contributed by atoms with Gasteiger partial charge >= 0.3 is 0 Å². The molecule has 0 saturated carbocycles. The second kappa shape index (κ2) is 4.88. The fourth-order valence-electron chi connectivity index (χ4n) is 0.988. The smallest absolute Gasteiger partial charge is 0.263 e. The number of carbonyl (C=O) groups excluding carboxylic acids is 1. The number of hydrogen-bond donors (Lipinski definition) is 2. The number of hydrogen-bond acceptors (Lipinski definition) is 4. The number of rotatable bonds is 4. The van der Waals surface area contributed by atoms with Crippen LogP contribution in [-0.4, -0.2) is 22.4 Å². The molecular formula is C10H15N3OS2. The molecule has 0 aliphatic rings. The fraction of sp³-hybridized carbons (Fsp3) is 0.500. The number of nitrogens with zero attached hydrogens (tertiary/aromatic N) is 1. The standard InChI is InChI=1S/C10H15N3OS2/c1-6-7(16-5-13-6)8(14)12-4-10(2,3)9(11)15/h5H,4H2,1-3H3,(H2,11,15)(H,12,14). The summed E-state index contributed by atoms with van der Waals surface area (Å²) >= 11 is 6.26. The van der Waals surface area contributed by atoms with Crippen molar-refractivity contribution in [2.45, 2.75) is 20.8 Å². The van der Waals surface area contributed by atoms with E-state index in [0.29, 0.717) is 16.4 Å². The van der Waals surface area contributed by atoms with Crippen LogP contribution in [0.3, 0.4) is 0 Å². The number of aryl methyl sites for hydroxylation is 1. The molecule has 0 aromatic carbocycles. The van der Waals surface area contributed by atoms with Gasteiger partial charge in [0.2, 0.25) is 0 Å². The van der Waals surface area contributed by atoms with E-state index in [1.54, 1.807) is 5.51 Å². The van der Waals surface area contributed by atoms with Crippen LogP contribution in [0.15, 0.2) is 5.51 Å². The van der Waals surface area contributed by atoms with E-state index in [1.807, 2.05) is 20.8 Å². The predicted molar refractivity (Wildman–Crippen MR) is 69.8 cm³/mol. The Kier molecular flexibility index (Phi) is 3.98. The second-order valence-corrected chi connectivity index (χ2v) is 5.49. The van der Waals surface area contributed by atoms with Crippen molar-refractivity contribution in [3.8, 4) is 0 Å². The number of thiazole rings is 1. The van der Waals surface area contributed by atoms with Crippen LogP contribution in [0.2, 0.25) is 0 Å². The topological polar surface area (TPSA) is 68.0 Å². The van der Waals surface area contributed by atoms with Gasteiger partial charge in [0.1, 0.15) is 4.88 Å². The molecule has 1 rings (SSSR count). The van der Waals surface area contributed by atoms with E-state index in [1.165, 1.54) is 11.3 Å². The highest BCUT2D eigenvalue weighted by Crippen LogP contribution is 2.15. The second-order valence-electron chi connectivity index (χ2n) is 4.20. The van der Waals surface area contributed by atoms with Crippen LogP contribution in [0, 0.1) is 12.3 Å². The highest BCUT2D eigenvalue weighted by atomic mass is 32.1. The maximum Gasteiger partial charge on any atom is 0.263 e. The van der Waals surface area contributed by atoms with Gasteiger partial charge in [0.15, 0.2) is 0 Å². The molecule has 0 radical (unpaired) electrons. The van der Waals surface area contributed by atoms with Crippen LogP contribution < -0.4 is 11.1 Å². The van der Waals surface area contributed by atoms with Crippen molar-refractivity contribution in [3.63, 3.8) is 0 Å². The summed E-state index contributed by atoms with van der Waals surface area (Å²) in [5, 5.41) is 2.81. The molecule has 6 heteroatoms. The lowest BCUT2D eigenvalue weighted by Crippen LogP contribution is -2.41. The zero-order valence-electron chi connectivity index (χ0n) is 9.53. The van der Waals surface area contributed by atoms with Gasteiger partial charge < -0.3 is 11.1 Å². The van der Waals surface area contributed by atoms with Crippen LogP contribution in [0.4, 0.5) is 0 Å². The molecule has 1 heterocycles. The number of amides is 1. The van der Waals surface area contributed by atoms with Gasteiger partial charge in [-0.15, -0.1) is 11.3 Å². The minimum atomic E-state index is -0.371. The van der Waals surface area contributed by atoms with Crippen molar-refractivity contribution in [2.24, 2.45) is 11.1 Å². The lowest BCUT2D eigenvalue weighted by atomic mass is 9.93. The number of nitrogens with two attached hydrogens (primary N) is 1. The summed E-state index contributed by atoms with van der Waals surface area (Å²) in [6, 6.07) is 0. The highest BCUT2D eigenvalue weighted by molar-refractivity contribution is 7.80. The third kappa shape index (κ3) is 2.99. The largest absolute Gasteiger partial charge is 0.393 e. The Labute approximate surface area is 104 Å². The number of thiocarbonyl (C=S) groups is 1. The Balaban J connectivity index is 2.61. The molecule has 0 spiro atoms. The number of nitrogens with one attached hydrogen (secondary N) is 1. The quantitative estimate of drug-likeness (QED) is 0.802. The lowest BCUT2D eigenvalue weighted by molar-refractivity contribution is 0.0948. The van der Waals surface area contributed by atoms with Gasteiger partial charge in [0.05, 0.1) is 16.2 Å². The van der Waals surface area contributed by atoms with Crippen LogP contribution in [0.25, 0.3) is 0 Å². The monoisotopic (exact) mass is 257 g/mol. The lowest BCUT2D eigenvalue weighted by Gasteiger charge is -2.23. The predicted octanol–water partition coefficient (Wildman–Crippen LogP) is 1.49. The molecule has 0 fully saturated rings. The van der Waals surface area contributed by atoms with E-state index in [2.05, 4.69) is 10.3 Å². The highest BCUT2D eigenvalue weighted by Gasteiger charge is 2.23. The Morgan fingerprint density at radius 1 is 1.69 bits per heavy atom. The molecule has 0 unspecified atom stereocenters. The van der Waals surface area contributed by atoms with Crippen molar-refractivity contribution in [3.05, 3.63) is 16.1 Å². The molecular weight excluding hydrogens is 242 g/mol. The minimum Gasteiger partial charge on any atom is -0.393 e. The summed E-state index contributed by atoms with van der Waals surface area (Å²) in [5.74, 6) is -0.121. The molecule has 1 aromatic rings. The molecule has 0 aliphatic carbocycles. The zero-order chi connectivity index (χ0) is 12.3. The maximum atomic E-state index is 11.8. The summed E-state index contributed by atoms with van der Waals surface area (Å²) in [6.07, 6.45) is 0. The van der Waals surface area contributed by atoms with Gasteiger partial charge in [-0.25, -0.2) is 4.98 Å². The van der Waals surface area contributed by atoms with E-state index in [-0.39, 0.29) is 11.3 Å². The van der Waals surface area contributed by atoms with Crippen molar-refractivity contribution < 1.29 is 4.79 Å². The summed E-state index contributed by atoms with van der Waals surface area (Å²) in [6.45, 7) is 6.03. The molecule has 3 N–H and O–H groups in total. The normalized spacial score (nSPS) is 11.2. The van der Waals surface area contributed by atoms with E-state index >= 15 is 0 Å². The summed E-state index contributed by atoms with van der Waals surface area (Å²) < 4.78 is 0. The molecule has 0 atom stereocenters. The van der Waals surface area contributed by atoms with Crippen molar-refractivity contribution in [1.29, 1.82) is 0 Å². The molecule has 0 saturated heterocycles. The summed E-state index contributed by atoms with van der Waals surface area (Å²) in [4.78, 5) is 16.8. The molecule has 88 valence electrons. The van der Waals surface area contributed by atoms with Gasteiger partial charge in [-0.3, -0.25) is 4.79 Å². The molecule has 1 amide bonds. The third-order valence-electron chi connectivity index (χ3n) is 2.31. The summed E-state index contributed by atoms with van der Waals surface area (Å²) in [7, 11) is 0. The molecule has 1 aromatic heterocycles. The van der Waals surface area contributed by atoms with E-state index in [4.69, 9.17) is 18.0 Å². The van der Waals surface area contributed by atoms with Crippen molar-refractivity contribution in [1.82, 2.24) is 10.3 Å². The zero-order valence-corrected chi connectivity index (χ0v) is 11.2. The SMILES string of the molecule is Cc1ncsc1C(=O)NCC(C)(C)C(N)=S. The first-order valence-corrected chi connectivity index (χ1v) is 6.11. The number of aromatic nitrogens is 1. The Hall–Kier alpha value is -1.01. The van der Waals surface area contributed by atoms with Crippen LogP contribution in [-0.2, 0) is 0 Å². The van der Waals surface area contributed by atoms with E-state index in [9.17, 15) is 4.79 Å². The first kappa shape index (κ1) is 13.1. The van der Waals surface area contributed by atoms with Crippen molar-refractivity contribution in [2.75, 3.05) is 6.54 Å². The molecule has 0 aliphatic heterocycles. The van der Waals surface area contributed by atoms with Gasteiger partial charge in [-0.05, 0) is 6.92 Å². The van der Waals surface area contributed by atoms with E-state index < -0.39 is 0 Å². The fourth-order valence-corrected chi connectivity index (χ4v) is 1.78. The van der Waals surface area contributed by atoms with Gasteiger partial charge in [0.25, 0.3) is 5.91 Å². The Bertz CT molecular complexity index is 412. The van der Waals surface area contributed by atoms with Crippen molar-refractivity contribution >= 4 is 34.5 Å². The van der Waals surface area contributed by atoms with Gasteiger partial charge in [-0.2, -0.15) is 0 Å². The van der Waals surface area contributed by atoms with Gasteiger partial charge in [-0.1, -0.05) is 26.1 Å². The number of carbonyl (C=O) groups is 1. The first-order valence-electron chi connectivity index (χ1n) is 4.83. The third-order valence-corrected chi connectivity index (χ3v) is 3.79. The molecule has 16 heavy (non-hydrogen) atoms. The molecule has 0 bridgehead atoms. The Morgan fingerprint density at radius 3 is 2.75 bits per heavy atom. The van der Waals surface area contributed by atoms with Crippen LogP contribution in [0.1, 0.15) is 29.2 Å². The average molecular weight is 257 g/mol. The van der Waals surface area contributed by atoms with Crippen LogP contribution >= 0.6 is 23.6 Å². The van der Waals surface area contributed by atoms with Crippen LogP contribution in [0.5, 0.6) is 0 Å².